The van der Waals surface area contributed by atoms with Gasteiger partial charge in [0.25, 0.3) is 0 Å². The maximum absolute atomic E-state index is 6.14. The lowest BCUT2D eigenvalue weighted by molar-refractivity contribution is 0.215. The van der Waals surface area contributed by atoms with Gasteiger partial charge in [0.15, 0.2) is 0 Å². The zero-order valence-electron chi connectivity index (χ0n) is 11.7. The van der Waals surface area contributed by atoms with E-state index in [0.29, 0.717) is 0 Å². The summed E-state index contributed by atoms with van der Waals surface area (Å²) in [6.07, 6.45) is 3.73. The standard InChI is InChI=1S/C15H25ClN2/c1-4-5-6-10-18(3)15(12(2)17)13-8-7-9-14(16)11-13/h7-9,11-12,15H,4-6,10,17H2,1-3H3. The lowest BCUT2D eigenvalue weighted by Crippen LogP contribution is -2.37. The highest BCUT2D eigenvalue weighted by atomic mass is 35.5. The zero-order valence-corrected chi connectivity index (χ0v) is 12.5. The first-order chi connectivity index (χ1) is 8.56. The molecule has 3 heteroatoms. The minimum Gasteiger partial charge on any atom is -0.326 e. The lowest BCUT2D eigenvalue weighted by Gasteiger charge is -2.31. The second-order valence-electron chi connectivity index (χ2n) is 5.05. The van der Waals surface area contributed by atoms with Gasteiger partial charge in [0.1, 0.15) is 0 Å². The molecular weight excluding hydrogens is 244 g/mol. The molecule has 0 heterocycles. The summed E-state index contributed by atoms with van der Waals surface area (Å²) in [5.41, 5.74) is 7.34. The van der Waals surface area contributed by atoms with E-state index >= 15 is 0 Å². The SMILES string of the molecule is CCCCCN(C)C(c1cccc(Cl)c1)C(C)N. The van der Waals surface area contributed by atoms with Crippen LogP contribution in [0.3, 0.4) is 0 Å². The van der Waals surface area contributed by atoms with Crippen molar-refractivity contribution in [2.24, 2.45) is 5.73 Å². The molecule has 0 spiro atoms. The molecule has 2 unspecified atom stereocenters. The Morgan fingerprint density at radius 1 is 1.33 bits per heavy atom. The summed E-state index contributed by atoms with van der Waals surface area (Å²) < 4.78 is 0. The number of unbranched alkanes of at least 4 members (excludes halogenated alkanes) is 2. The van der Waals surface area contributed by atoms with E-state index in [-0.39, 0.29) is 12.1 Å². The van der Waals surface area contributed by atoms with E-state index in [1.165, 1.54) is 24.8 Å². The lowest BCUT2D eigenvalue weighted by atomic mass is 9.99. The molecule has 0 amide bonds. The van der Waals surface area contributed by atoms with Crippen LogP contribution in [0.1, 0.15) is 44.7 Å². The molecule has 1 aromatic rings. The Hall–Kier alpha value is -0.570. The fourth-order valence-electron chi connectivity index (χ4n) is 2.40. The first-order valence-electron chi connectivity index (χ1n) is 6.77. The summed E-state index contributed by atoms with van der Waals surface area (Å²) in [4.78, 5) is 2.34. The largest absolute Gasteiger partial charge is 0.326 e. The summed E-state index contributed by atoms with van der Waals surface area (Å²) in [5, 5.41) is 0.778. The summed E-state index contributed by atoms with van der Waals surface area (Å²) in [5.74, 6) is 0. The van der Waals surface area contributed by atoms with E-state index in [1.807, 2.05) is 18.2 Å². The van der Waals surface area contributed by atoms with Crippen molar-refractivity contribution in [3.63, 3.8) is 0 Å². The quantitative estimate of drug-likeness (QED) is 0.761. The van der Waals surface area contributed by atoms with Crippen molar-refractivity contribution < 1.29 is 0 Å². The van der Waals surface area contributed by atoms with Gasteiger partial charge in [-0.15, -0.1) is 0 Å². The summed E-state index contributed by atoms with van der Waals surface area (Å²) >= 11 is 6.07. The number of rotatable bonds is 7. The minimum atomic E-state index is 0.0927. The van der Waals surface area contributed by atoms with Gasteiger partial charge in [-0.3, -0.25) is 4.90 Å². The Kier molecular flexibility index (Phi) is 6.69. The normalized spacial score (nSPS) is 14.8. The maximum Gasteiger partial charge on any atom is 0.0494 e. The molecule has 0 aliphatic carbocycles. The van der Waals surface area contributed by atoms with Gasteiger partial charge < -0.3 is 5.73 Å². The molecule has 2 atom stereocenters. The Morgan fingerprint density at radius 3 is 2.61 bits per heavy atom. The van der Waals surface area contributed by atoms with Crippen molar-refractivity contribution in [3.05, 3.63) is 34.9 Å². The predicted octanol–water partition coefficient (Wildman–Crippen LogP) is 3.85. The van der Waals surface area contributed by atoms with E-state index in [2.05, 4.69) is 31.9 Å². The fourth-order valence-corrected chi connectivity index (χ4v) is 2.60. The van der Waals surface area contributed by atoms with Gasteiger partial charge in [-0.2, -0.15) is 0 Å². The fraction of sp³-hybridized carbons (Fsp3) is 0.600. The Morgan fingerprint density at radius 2 is 2.06 bits per heavy atom. The molecule has 2 nitrogen and oxygen atoms in total. The van der Waals surface area contributed by atoms with Gasteiger partial charge in [0, 0.05) is 17.1 Å². The molecule has 102 valence electrons. The molecule has 0 fully saturated rings. The average Bonchev–Trinajstić information content (AvgIpc) is 2.29. The highest BCUT2D eigenvalue weighted by Crippen LogP contribution is 2.25. The summed E-state index contributed by atoms with van der Waals surface area (Å²) in [6.45, 7) is 5.36. The summed E-state index contributed by atoms with van der Waals surface area (Å²) in [7, 11) is 2.14. The van der Waals surface area contributed by atoms with Gasteiger partial charge in [0.05, 0.1) is 0 Å². The van der Waals surface area contributed by atoms with Crippen LogP contribution in [0.2, 0.25) is 5.02 Å². The molecule has 0 saturated heterocycles. The number of halogens is 1. The smallest absolute Gasteiger partial charge is 0.0494 e. The maximum atomic E-state index is 6.14. The van der Waals surface area contributed by atoms with Crippen LogP contribution in [0, 0.1) is 0 Å². The molecule has 1 aromatic carbocycles. The third kappa shape index (κ3) is 4.60. The zero-order chi connectivity index (χ0) is 13.5. The molecular formula is C15H25ClN2. The van der Waals surface area contributed by atoms with Crippen LogP contribution in [-0.4, -0.2) is 24.5 Å². The first-order valence-corrected chi connectivity index (χ1v) is 7.15. The minimum absolute atomic E-state index is 0.0927. The van der Waals surface area contributed by atoms with E-state index in [4.69, 9.17) is 17.3 Å². The van der Waals surface area contributed by atoms with Crippen molar-refractivity contribution in [2.45, 2.75) is 45.2 Å². The molecule has 0 radical (unpaired) electrons. The number of benzene rings is 1. The van der Waals surface area contributed by atoms with Gasteiger partial charge in [-0.25, -0.2) is 0 Å². The monoisotopic (exact) mass is 268 g/mol. The van der Waals surface area contributed by atoms with Crippen LogP contribution in [0.15, 0.2) is 24.3 Å². The van der Waals surface area contributed by atoms with Gasteiger partial charge in [0.2, 0.25) is 0 Å². The van der Waals surface area contributed by atoms with E-state index in [1.54, 1.807) is 0 Å². The highest BCUT2D eigenvalue weighted by Gasteiger charge is 2.20. The summed E-state index contributed by atoms with van der Waals surface area (Å²) in [6, 6.07) is 8.35. The molecule has 2 N–H and O–H groups in total. The van der Waals surface area contributed by atoms with Crippen LogP contribution < -0.4 is 5.73 Å². The number of hydrogen-bond donors (Lipinski definition) is 1. The molecule has 0 aromatic heterocycles. The topological polar surface area (TPSA) is 29.3 Å². The van der Waals surface area contributed by atoms with Crippen molar-refractivity contribution in [1.82, 2.24) is 4.90 Å². The Bertz CT molecular complexity index is 352. The molecule has 0 saturated carbocycles. The van der Waals surface area contributed by atoms with Crippen molar-refractivity contribution >= 4 is 11.6 Å². The number of likely N-dealkylation sites (N-methyl/N-ethyl adjacent to an activating group) is 1. The highest BCUT2D eigenvalue weighted by molar-refractivity contribution is 6.30. The van der Waals surface area contributed by atoms with Crippen molar-refractivity contribution in [2.75, 3.05) is 13.6 Å². The molecule has 0 aliphatic rings. The predicted molar refractivity (Wildman–Crippen MR) is 80.0 cm³/mol. The first kappa shape index (κ1) is 15.5. The second kappa shape index (κ2) is 7.78. The Balaban J connectivity index is 2.76. The molecule has 0 bridgehead atoms. The van der Waals surface area contributed by atoms with Gasteiger partial charge >= 0.3 is 0 Å². The second-order valence-corrected chi connectivity index (χ2v) is 5.48. The van der Waals surface area contributed by atoms with Crippen LogP contribution in [0.25, 0.3) is 0 Å². The average molecular weight is 269 g/mol. The van der Waals surface area contributed by atoms with Gasteiger partial charge in [-0.05, 0) is 44.6 Å². The van der Waals surface area contributed by atoms with E-state index in [9.17, 15) is 0 Å². The Labute approximate surface area is 116 Å². The molecule has 18 heavy (non-hydrogen) atoms. The molecule has 1 rings (SSSR count). The van der Waals surface area contributed by atoms with Gasteiger partial charge in [-0.1, -0.05) is 43.5 Å². The third-order valence-corrected chi connectivity index (χ3v) is 3.51. The number of nitrogens with zero attached hydrogens (tertiary/aromatic N) is 1. The van der Waals surface area contributed by atoms with Crippen molar-refractivity contribution in [3.8, 4) is 0 Å². The van der Waals surface area contributed by atoms with Crippen LogP contribution >= 0.6 is 11.6 Å². The number of nitrogens with two attached hydrogens (primary N) is 1. The van der Waals surface area contributed by atoms with Crippen LogP contribution in [0.4, 0.5) is 0 Å². The number of hydrogen-bond acceptors (Lipinski definition) is 2. The van der Waals surface area contributed by atoms with Crippen LogP contribution in [-0.2, 0) is 0 Å². The van der Waals surface area contributed by atoms with Crippen molar-refractivity contribution in [1.29, 1.82) is 0 Å². The third-order valence-electron chi connectivity index (χ3n) is 3.28. The molecule has 0 aliphatic heterocycles. The van der Waals surface area contributed by atoms with E-state index < -0.39 is 0 Å². The van der Waals surface area contributed by atoms with E-state index in [0.717, 1.165) is 11.6 Å². The van der Waals surface area contributed by atoms with Crippen LogP contribution in [0.5, 0.6) is 0 Å².